The van der Waals surface area contributed by atoms with Crippen molar-refractivity contribution >= 4 is 5.97 Å². The lowest BCUT2D eigenvalue weighted by Crippen LogP contribution is -2.36. The Morgan fingerprint density at radius 3 is 2.08 bits per heavy atom. The fourth-order valence-electron chi connectivity index (χ4n) is 0.969. The smallest absolute Gasteiger partial charge is 0.308 e. The van der Waals surface area contributed by atoms with E-state index in [0.29, 0.717) is 5.92 Å². The molecule has 0 heterocycles. The lowest BCUT2D eigenvalue weighted by molar-refractivity contribution is -0.165. The van der Waals surface area contributed by atoms with Crippen LogP contribution in [0.25, 0.3) is 0 Å². The number of carbonyl (C=O) groups excluding carboxylic acids is 1. The molecule has 13 heavy (non-hydrogen) atoms. The van der Waals surface area contributed by atoms with Crippen LogP contribution in [0.4, 0.5) is 0 Å². The van der Waals surface area contributed by atoms with Crippen LogP contribution in [0, 0.1) is 11.8 Å². The van der Waals surface area contributed by atoms with E-state index in [4.69, 9.17) is 4.74 Å². The van der Waals surface area contributed by atoms with Gasteiger partial charge in [-0.2, -0.15) is 0 Å². The summed E-state index contributed by atoms with van der Waals surface area (Å²) in [6.07, 6.45) is 1.03. The maximum atomic E-state index is 11.4. The molecule has 0 rings (SSSR count). The third-order valence-electron chi connectivity index (χ3n) is 2.63. The Morgan fingerprint density at radius 1 is 1.31 bits per heavy atom. The zero-order valence-electron chi connectivity index (χ0n) is 9.68. The molecule has 0 aliphatic heterocycles. The number of esters is 1. The maximum absolute atomic E-state index is 11.4. The van der Waals surface area contributed by atoms with Gasteiger partial charge in [0.05, 0.1) is 5.92 Å². The van der Waals surface area contributed by atoms with Crippen LogP contribution in [0.15, 0.2) is 0 Å². The van der Waals surface area contributed by atoms with Gasteiger partial charge in [-0.3, -0.25) is 4.79 Å². The van der Waals surface area contributed by atoms with E-state index in [2.05, 4.69) is 13.8 Å². The van der Waals surface area contributed by atoms with Crippen molar-refractivity contribution in [3.8, 4) is 0 Å². The molecule has 1 atom stereocenters. The quantitative estimate of drug-likeness (QED) is 0.631. The molecule has 0 fully saturated rings. The van der Waals surface area contributed by atoms with Gasteiger partial charge in [-0.05, 0) is 26.2 Å². The minimum Gasteiger partial charge on any atom is -0.459 e. The molecule has 2 heteroatoms. The Labute approximate surface area is 81.7 Å². The number of hydrogen-bond acceptors (Lipinski definition) is 2. The second kappa shape index (κ2) is 4.64. The molecule has 2 nitrogen and oxygen atoms in total. The predicted molar refractivity (Wildman–Crippen MR) is 54.5 cm³/mol. The molecule has 0 bridgehead atoms. The molecule has 0 N–H and O–H groups in total. The van der Waals surface area contributed by atoms with E-state index in [9.17, 15) is 4.79 Å². The fourth-order valence-corrected chi connectivity index (χ4v) is 0.969. The number of ether oxygens (including phenoxy) is 1. The first-order chi connectivity index (χ1) is 5.81. The monoisotopic (exact) mass is 186 g/mol. The highest BCUT2D eigenvalue weighted by molar-refractivity contribution is 5.72. The van der Waals surface area contributed by atoms with Crippen LogP contribution in [0.3, 0.4) is 0 Å². The highest BCUT2D eigenvalue weighted by Crippen LogP contribution is 2.24. The van der Waals surface area contributed by atoms with Gasteiger partial charge in [-0.1, -0.05) is 27.7 Å². The minimum absolute atomic E-state index is 0.0386. The van der Waals surface area contributed by atoms with Gasteiger partial charge >= 0.3 is 5.97 Å². The van der Waals surface area contributed by atoms with E-state index < -0.39 is 0 Å². The van der Waals surface area contributed by atoms with Crippen molar-refractivity contribution in [2.75, 3.05) is 0 Å². The number of carbonyl (C=O) groups is 1. The van der Waals surface area contributed by atoms with E-state index in [-0.39, 0.29) is 17.5 Å². The molecule has 0 aromatic carbocycles. The van der Waals surface area contributed by atoms with E-state index in [1.165, 1.54) is 0 Å². The Bertz CT molecular complexity index is 171. The second-order valence-corrected chi connectivity index (χ2v) is 4.49. The van der Waals surface area contributed by atoms with Crippen molar-refractivity contribution in [2.45, 2.75) is 53.6 Å². The van der Waals surface area contributed by atoms with Gasteiger partial charge in [0.15, 0.2) is 0 Å². The predicted octanol–water partition coefficient (Wildman–Crippen LogP) is 3.01. The molecule has 0 aromatic rings. The van der Waals surface area contributed by atoms with Crippen molar-refractivity contribution in [3.63, 3.8) is 0 Å². The summed E-state index contributed by atoms with van der Waals surface area (Å²) in [6, 6.07) is 0. The molecule has 0 aliphatic carbocycles. The van der Waals surface area contributed by atoms with Crippen LogP contribution >= 0.6 is 0 Å². The molecule has 0 aromatic heterocycles. The van der Waals surface area contributed by atoms with E-state index >= 15 is 0 Å². The van der Waals surface area contributed by atoms with Crippen LogP contribution < -0.4 is 0 Å². The molecule has 1 unspecified atom stereocenters. The molecule has 0 aliphatic rings. The molecular weight excluding hydrogens is 164 g/mol. The summed E-state index contributed by atoms with van der Waals surface area (Å²) >= 11 is 0. The molecular formula is C11H22O2. The second-order valence-electron chi connectivity index (χ2n) is 4.49. The third kappa shape index (κ3) is 3.79. The first kappa shape index (κ1) is 12.5. The van der Waals surface area contributed by atoms with E-state index in [1.807, 2.05) is 27.7 Å². The largest absolute Gasteiger partial charge is 0.459 e. The average molecular weight is 186 g/mol. The summed E-state index contributed by atoms with van der Waals surface area (Å²) in [5, 5.41) is 0. The van der Waals surface area contributed by atoms with Gasteiger partial charge in [0.1, 0.15) is 5.60 Å². The summed E-state index contributed by atoms with van der Waals surface area (Å²) in [4.78, 5) is 11.4. The first-order valence-corrected chi connectivity index (χ1v) is 5.04. The summed E-state index contributed by atoms with van der Waals surface area (Å²) in [5.41, 5.74) is -0.337. The van der Waals surface area contributed by atoms with Crippen LogP contribution in [0.5, 0.6) is 0 Å². The zero-order chi connectivity index (χ0) is 10.6. The van der Waals surface area contributed by atoms with Crippen molar-refractivity contribution in [2.24, 2.45) is 11.8 Å². The van der Waals surface area contributed by atoms with E-state index in [1.54, 1.807) is 0 Å². The Kier molecular flexibility index (Phi) is 4.45. The van der Waals surface area contributed by atoms with Gasteiger partial charge in [0.25, 0.3) is 0 Å². The fraction of sp³-hybridized carbons (Fsp3) is 0.909. The summed E-state index contributed by atoms with van der Waals surface area (Å²) < 4.78 is 5.41. The summed E-state index contributed by atoms with van der Waals surface area (Å²) in [6.45, 7) is 11.9. The first-order valence-electron chi connectivity index (χ1n) is 5.04. The van der Waals surface area contributed by atoms with Gasteiger partial charge in [0, 0.05) is 0 Å². The van der Waals surface area contributed by atoms with Gasteiger partial charge in [0.2, 0.25) is 0 Å². The zero-order valence-corrected chi connectivity index (χ0v) is 9.68. The Balaban J connectivity index is 4.24. The standard InChI is InChI=1S/C11H22O2/c1-7-9(4)11(5,6)13-10(12)8(2)3/h8-9H,7H2,1-6H3. The third-order valence-corrected chi connectivity index (χ3v) is 2.63. The van der Waals surface area contributed by atoms with Crippen molar-refractivity contribution in [1.82, 2.24) is 0 Å². The molecule has 0 amide bonds. The number of hydrogen-bond donors (Lipinski definition) is 0. The van der Waals surface area contributed by atoms with Crippen LogP contribution in [-0.4, -0.2) is 11.6 Å². The highest BCUT2D eigenvalue weighted by Gasteiger charge is 2.29. The van der Waals surface area contributed by atoms with Crippen molar-refractivity contribution < 1.29 is 9.53 Å². The van der Waals surface area contributed by atoms with Crippen LogP contribution in [-0.2, 0) is 9.53 Å². The molecule has 0 saturated carbocycles. The van der Waals surface area contributed by atoms with Gasteiger partial charge < -0.3 is 4.74 Å². The molecule has 0 spiro atoms. The average Bonchev–Trinajstić information content (AvgIpc) is 2.01. The lowest BCUT2D eigenvalue weighted by Gasteiger charge is -2.31. The Hall–Kier alpha value is -0.530. The number of rotatable bonds is 4. The van der Waals surface area contributed by atoms with Gasteiger partial charge in [-0.25, -0.2) is 0 Å². The Morgan fingerprint density at radius 2 is 1.77 bits per heavy atom. The summed E-state index contributed by atoms with van der Waals surface area (Å²) in [7, 11) is 0. The minimum atomic E-state index is -0.337. The molecule has 78 valence electrons. The normalized spacial score (nSPS) is 14.4. The lowest BCUT2D eigenvalue weighted by atomic mass is 9.90. The van der Waals surface area contributed by atoms with E-state index in [0.717, 1.165) is 6.42 Å². The van der Waals surface area contributed by atoms with Crippen molar-refractivity contribution in [3.05, 3.63) is 0 Å². The van der Waals surface area contributed by atoms with Crippen LogP contribution in [0.1, 0.15) is 48.0 Å². The SMILES string of the molecule is CCC(C)C(C)(C)OC(=O)C(C)C. The van der Waals surface area contributed by atoms with Gasteiger partial charge in [-0.15, -0.1) is 0 Å². The van der Waals surface area contributed by atoms with Crippen LogP contribution in [0.2, 0.25) is 0 Å². The topological polar surface area (TPSA) is 26.3 Å². The maximum Gasteiger partial charge on any atom is 0.308 e. The molecule has 0 saturated heterocycles. The highest BCUT2D eigenvalue weighted by atomic mass is 16.6. The van der Waals surface area contributed by atoms with Crippen molar-refractivity contribution in [1.29, 1.82) is 0 Å². The molecule has 0 radical (unpaired) electrons. The summed E-state index contributed by atoms with van der Waals surface area (Å²) in [5.74, 6) is 0.254.